The fourth-order valence-corrected chi connectivity index (χ4v) is 3.10. The van der Waals surface area contributed by atoms with Gasteiger partial charge in [-0.15, -0.1) is 0 Å². The largest absolute Gasteiger partial charge is 0.348 e. The molecule has 0 radical (unpaired) electrons. The lowest BCUT2D eigenvalue weighted by Gasteiger charge is -2.15. The first-order valence-electron chi connectivity index (χ1n) is 10.6. The van der Waals surface area contributed by atoms with Crippen molar-refractivity contribution in [3.8, 4) is 0 Å². The summed E-state index contributed by atoms with van der Waals surface area (Å²) < 4.78 is 0. The van der Waals surface area contributed by atoms with E-state index in [9.17, 15) is 14.4 Å². The maximum absolute atomic E-state index is 12.6. The van der Waals surface area contributed by atoms with Gasteiger partial charge in [0.15, 0.2) is 0 Å². The lowest BCUT2D eigenvalue weighted by atomic mass is 9.99. The molecular weight excluding hydrogens is 378 g/mol. The van der Waals surface area contributed by atoms with Crippen LogP contribution in [0, 0.1) is 5.92 Å². The molecule has 0 bridgehead atoms. The standard InChI is InChI=1S/C24H31N3O3/c1-3-5-11-18(4-2)16-26-23(29)24(30)27-21-15-10-9-14-20(21)22(28)25-17-19-12-7-6-8-13-19/h6-10,12-15,18H,3-5,11,16-17H2,1-2H3,(H,25,28)(H,26,29)(H,27,30)/t18-/m1/s1. The van der Waals surface area contributed by atoms with Crippen LogP contribution in [0.1, 0.15) is 55.5 Å². The van der Waals surface area contributed by atoms with Crippen molar-refractivity contribution in [3.05, 3.63) is 65.7 Å². The Labute approximate surface area is 178 Å². The first-order valence-corrected chi connectivity index (χ1v) is 10.6. The number of amides is 3. The van der Waals surface area contributed by atoms with E-state index in [1.54, 1.807) is 24.3 Å². The van der Waals surface area contributed by atoms with Gasteiger partial charge in [0.25, 0.3) is 5.91 Å². The van der Waals surface area contributed by atoms with Crippen LogP contribution >= 0.6 is 0 Å². The topological polar surface area (TPSA) is 87.3 Å². The van der Waals surface area contributed by atoms with E-state index in [-0.39, 0.29) is 5.91 Å². The summed E-state index contributed by atoms with van der Waals surface area (Å²) in [6, 6.07) is 16.2. The predicted molar refractivity (Wildman–Crippen MR) is 119 cm³/mol. The van der Waals surface area contributed by atoms with Crippen LogP contribution in [0.2, 0.25) is 0 Å². The summed E-state index contributed by atoms with van der Waals surface area (Å²) in [5.41, 5.74) is 1.59. The molecule has 3 amide bonds. The molecule has 3 N–H and O–H groups in total. The summed E-state index contributed by atoms with van der Waals surface area (Å²) in [4.78, 5) is 37.1. The number of hydrogen-bond donors (Lipinski definition) is 3. The first kappa shape index (κ1) is 23.1. The van der Waals surface area contributed by atoms with Crippen molar-refractivity contribution >= 4 is 23.4 Å². The number of carbonyl (C=O) groups excluding carboxylic acids is 3. The Morgan fingerprint density at radius 2 is 1.57 bits per heavy atom. The number of unbranched alkanes of at least 4 members (excludes halogenated alkanes) is 1. The zero-order chi connectivity index (χ0) is 21.8. The minimum absolute atomic E-state index is 0.307. The summed E-state index contributed by atoms with van der Waals surface area (Å²) >= 11 is 0. The minimum Gasteiger partial charge on any atom is -0.348 e. The van der Waals surface area contributed by atoms with Gasteiger partial charge < -0.3 is 16.0 Å². The maximum atomic E-state index is 12.6. The molecule has 2 rings (SSSR count). The van der Waals surface area contributed by atoms with Crippen molar-refractivity contribution < 1.29 is 14.4 Å². The lowest BCUT2D eigenvalue weighted by Crippen LogP contribution is -2.38. The number of hydrogen-bond acceptors (Lipinski definition) is 3. The minimum atomic E-state index is -0.774. The van der Waals surface area contributed by atoms with Gasteiger partial charge in [-0.2, -0.15) is 0 Å². The Morgan fingerprint density at radius 3 is 2.27 bits per heavy atom. The molecule has 1 atom stereocenters. The van der Waals surface area contributed by atoms with Crippen LogP contribution in [0.5, 0.6) is 0 Å². The Kier molecular flexibility index (Phi) is 9.58. The van der Waals surface area contributed by atoms with Crippen molar-refractivity contribution in [2.45, 2.75) is 46.1 Å². The lowest BCUT2D eigenvalue weighted by molar-refractivity contribution is -0.136. The molecular formula is C24H31N3O3. The van der Waals surface area contributed by atoms with Crippen LogP contribution < -0.4 is 16.0 Å². The highest BCUT2D eigenvalue weighted by atomic mass is 16.2. The number of carbonyl (C=O) groups is 3. The van der Waals surface area contributed by atoms with Crippen molar-refractivity contribution in [3.63, 3.8) is 0 Å². The molecule has 0 aliphatic heterocycles. The highest BCUT2D eigenvalue weighted by molar-refractivity contribution is 6.40. The molecule has 0 fully saturated rings. The van der Waals surface area contributed by atoms with E-state index in [0.717, 1.165) is 31.2 Å². The number of benzene rings is 2. The van der Waals surface area contributed by atoms with Gasteiger partial charge in [-0.05, 0) is 30.0 Å². The molecule has 0 unspecified atom stereocenters. The second-order valence-corrected chi connectivity index (χ2v) is 7.29. The molecule has 2 aromatic carbocycles. The van der Waals surface area contributed by atoms with E-state index in [1.165, 1.54) is 0 Å². The van der Waals surface area contributed by atoms with Crippen molar-refractivity contribution in [2.75, 3.05) is 11.9 Å². The van der Waals surface area contributed by atoms with Crippen molar-refractivity contribution in [2.24, 2.45) is 5.92 Å². The molecule has 0 aliphatic carbocycles. The van der Waals surface area contributed by atoms with Gasteiger partial charge in [-0.25, -0.2) is 0 Å². The van der Waals surface area contributed by atoms with Crippen LogP contribution in [-0.2, 0) is 16.1 Å². The quantitative estimate of drug-likeness (QED) is 0.520. The molecule has 0 saturated carbocycles. The molecule has 30 heavy (non-hydrogen) atoms. The van der Waals surface area contributed by atoms with E-state index >= 15 is 0 Å². The molecule has 0 spiro atoms. The predicted octanol–water partition coefficient (Wildman–Crippen LogP) is 3.89. The van der Waals surface area contributed by atoms with Crippen LogP contribution in [0.3, 0.4) is 0 Å². The van der Waals surface area contributed by atoms with Crippen molar-refractivity contribution in [1.82, 2.24) is 10.6 Å². The number of para-hydroxylation sites is 1. The third kappa shape index (κ3) is 7.35. The summed E-state index contributed by atoms with van der Waals surface area (Å²) in [5, 5.41) is 8.10. The summed E-state index contributed by atoms with van der Waals surface area (Å²) in [6.07, 6.45) is 4.19. The second kappa shape index (κ2) is 12.4. The highest BCUT2D eigenvalue weighted by Gasteiger charge is 2.18. The Morgan fingerprint density at radius 1 is 0.867 bits per heavy atom. The van der Waals surface area contributed by atoms with Crippen molar-refractivity contribution in [1.29, 1.82) is 0 Å². The molecule has 6 nitrogen and oxygen atoms in total. The van der Waals surface area contributed by atoms with E-state index in [4.69, 9.17) is 0 Å². The van der Waals surface area contributed by atoms with Gasteiger partial charge in [0, 0.05) is 13.1 Å². The zero-order valence-electron chi connectivity index (χ0n) is 17.7. The normalized spacial score (nSPS) is 11.4. The Balaban J connectivity index is 1.93. The molecule has 2 aromatic rings. The number of nitrogens with one attached hydrogen (secondary N) is 3. The van der Waals surface area contributed by atoms with E-state index in [1.807, 2.05) is 30.3 Å². The van der Waals surface area contributed by atoms with E-state index < -0.39 is 11.8 Å². The van der Waals surface area contributed by atoms with Crippen LogP contribution in [-0.4, -0.2) is 24.3 Å². The van der Waals surface area contributed by atoms with Gasteiger partial charge in [0.2, 0.25) is 0 Å². The monoisotopic (exact) mass is 409 g/mol. The maximum Gasteiger partial charge on any atom is 0.313 e. The number of rotatable bonds is 10. The second-order valence-electron chi connectivity index (χ2n) is 7.29. The molecule has 0 saturated heterocycles. The molecule has 160 valence electrons. The first-order chi connectivity index (χ1) is 14.5. The highest BCUT2D eigenvalue weighted by Crippen LogP contribution is 2.15. The van der Waals surface area contributed by atoms with Gasteiger partial charge in [-0.3, -0.25) is 14.4 Å². The SMILES string of the molecule is CCCC[C@@H](CC)CNC(=O)C(=O)Nc1ccccc1C(=O)NCc1ccccc1. The smallest absolute Gasteiger partial charge is 0.313 e. The van der Waals surface area contributed by atoms with Crippen LogP contribution in [0.15, 0.2) is 54.6 Å². The van der Waals surface area contributed by atoms with Gasteiger partial charge in [-0.1, -0.05) is 75.6 Å². The zero-order valence-corrected chi connectivity index (χ0v) is 17.7. The molecule has 0 aliphatic rings. The third-order valence-electron chi connectivity index (χ3n) is 5.02. The van der Waals surface area contributed by atoms with Crippen LogP contribution in [0.4, 0.5) is 5.69 Å². The average Bonchev–Trinajstić information content (AvgIpc) is 2.78. The fourth-order valence-electron chi connectivity index (χ4n) is 3.10. The molecule has 0 heterocycles. The van der Waals surface area contributed by atoms with Gasteiger partial charge in [0.05, 0.1) is 11.3 Å². The Bertz CT molecular complexity index is 837. The summed E-state index contributed by atoms with van der Waals surface area (Å²) in [7, 11) is 0. The van der Waals surface area contributed by atoms with Gasteiger partial charge in [0.1, 0.15) is 0 Å². The fraction of sp³-hybridized carbons (Fsp3) is 0.375. The third-order valence-corrected chi connectivity index (χ3v) is 5.02. The summed E-state index contributed by atoms with van der Waals surface area (Å²) in [5.74, 6) is -1.42. The molecule has 0 aromatic heterocycles. The van der Waals surface area contributed by atoms with E-state index in [2.05, 4.69) is 29.8 Å². The number of anilines is 1. The van der Waals surface area contributed by atoms with Gasteiger partial charge >= 0.3 is 11.8 Å². The Hall–Kier alpha value is -3.15. The summed E-state index contributed by atoms with van der Waals surface area (Å²) in [6.45, 7) is 5.06. The average molecular weight is 410 g/mol. The van der Waals surface area contributed by atoms with Crippen LogP contribution in [0.25, 0.3) is 0 Å². The van der Waals surface area contributed by atoms with E-state index in [0.29, 0.717) is 30.3 Å². The molecule has 6 heteroatoms.